The average Bonchev–Trinajstić information content (AvgIpc) is 2.18. The van der Waals surface area contributed by atoms with E-state index in [0.29, 0.717) is 5.11 Å². The SMILES string of the molecule is CC1=[C]C(c2ccccc2)NC(=S)N1. The molecule has 1 unspecified atom stereocenters. The number of hydrogen-bond acceptors (Lipinski definition) is 1. The van der Waals surface area contributed by atoms with E-state index in [1.807, 2.05) is 25.1 Å². The molecule has 0 saturated heterocycles. The topological polar surface area (TPSA) is 24.1 Å². The van der Waals surface area contributed by atoms with Gasteiger partial charge in [-0.25, -0.2) is 0 Å². The van der Waals surface area contributed by atoms with E-state index in [2.05, 4.69) is 28.8 Å². The Morgan fingerprint density at radius 3 is 2.64 bits per heavy atom. The van der Waals surface area contributed by atoms with Crippen molar-refractivity contribution >= 4 is 17.3 Å². The second-order valence-electron chi connectivity index (χ2n) is 3.21. The van der Waals surface area contributed by atoms with Crippen molar-refractivity contribution < 1.29 is 0 Å². The molecule has 0 aliphatic carbocycles. The average molecular weight is 203 g/mol. The lowest BCUT2D eigenvalue weighted by atomic mass is 10.1. The fraction of sp³-hybridized carbons (Fsp3) is 0.182. The quantitative estimate of drug-likeness (QED) is 0.682. The van der Waals surface area contributed by atoms with E-state index in [9.17, 15) is 0 Å². The molecule has 0 aromatic heterocycles. The fourth-order valence-corrected chi connectivity index (χ4v) is 1.71. The number of allylic oxidation sites excluding steroid dienone is 1. The van der Waals surface area contributed by atoms with Gasteiger partial charge in [-0.3, -0.25) is 0 Å². The Labute approximate surface area is 89.0 Å². The largest absolute Gasteiger partial charge is 0.351 e. The van der Waals surface area contributed by atoms with Crippen molar-refractivity contribution in [2.75, 3.05) is 0 Å². The molecule has 0 spiro atoms. The summed E-state index contributed by atoms with van der Waals surface area (Å²) in [5, 5.41) is 6.82. The molecule has 2 nitrogen and oxygen atoms in total. The highest BCUT2D eigenvalue weighted by Gasteiger charge is 2.15. The molecule has 1 aromatic carbocycles. The normalized spacial score (nSPS) is 20.8. The van der Waals surface area contributed by atoms with E-state index >= 15 is 0 Å². The first-order valence-corrected chi connectivity index (χ1v) is 4.89. The van der Waals surface area contributed by atoms with Crippen LogP contribution in [0.25, 0.3) is 0 Å². The Morgan fingerprint density at radius 1 is 1.29 bits per heavy atom. The van der Waals surface area contributed by atoms with Crippen molar-refractivity contribution in [2.24, 2.45) is 0 Å². The van der Waals surface area contributed by atoms with Crippen LogP contribution in [0.3, 0.4) is 0 Å². The van der Waals surface area contributed by atoms with Crippen LogP contribution in [0.4, 0.5) is 0 Å². The summed E-state index contributed by atoms with van der Waals surface area (Å²) in [5.74, 6) is 0. The summed E-state index contributed by atoms with van der Waals surface area (Å²) < 4.78 is 0. The van der Waals surface area contributed by atoms with Gasteiger partial charge in [-0.1, -0.05) is 30.3 Å². The summed E-state index contributed by atoms with van der Waals surface area (Å²) in [6.45, 7) is 1.96. The van der Waals surface area contributed by atoms with Gasteiger partial charge in [-0.15, -0.1) is 0 Å². The third kappa shape index (κ3) is 1.93. The molecular formula is C11H11N2S. The van der Waals surface area contributed by atoms with Crippen LogP contribution in [0.1, 0.15) is 18.5 Å². The van der Waals surface area contributed by atoms with Crippen LogP contribution < -0.4 is 10.6 Å². The monoisotopic (exact) mass is 203 g/mol. The molecule has 1 aromatic rings. The van der Waals surface area contributed by atoms with Crippen LogP contribution in [0, 0.1) is 6.08 Å². The molecule has 3 heteroatoms. The first-order valence-electron chi connectivity index (χ1n) is 4.48. The van der Waals surface area contributed by atoms with Gasteiger partial charge in [-0.2, -0.15) is 0 Å². The van der Waals surface area contributed by atoms with E-state index in [1.54, 1.807) is 0 Å². The summed E-state index contributed by atoms with van der Waals surface area (Å²) in [4.78, 5) is 0. The van der Waals surface area contributed by atoms with Crippen molar-refractivity contribution in [3.63, 3.8) is 0 Å². The van der Waals surface area contributed by atoms with E-state index in [1.165, 1.54) is 5.56 Å². The summed E-state index contributed by atoms with van der Waals surface area (Å²) in [5.41, 5.74) is 2.15. The lowest BCUT2D eigenvalue weighted by Crippen LogP contribution is -2.40. The minimum absolute atomic E-state index is 0.0740. The number of hydrogen-bond donors (Lipinski definition) is 2. The van der Waals surface area contributed by atoms with Gasteiger partial charge in [-0.05, 0) is 24.7 Å². The summed E-state index contributed by atoms with van der Waals surface area (Å²) in [6, 6.07) is 10.2. The summed E-state index contributed by atoms with van der Waals surface area (Å²) >= 11 is 5.08. The lowest BCUT2D eigenvalue weighted by molar-refractivity contribution is 0.717. The summed E-state index contributed by atoms with van der Waals surface area (Å²) in [7, 11) is 0. The molecule has 1 atom stereocenters. The maximum absolute atomic E-state index is 5.08. The van der Waals surface area contributed by atoms with E-state index in [4.69, 9.17) is 12.2 Å². The molecule has 0 saturated carbocycles. The van der Waals surface area contributed by atoms with Crippen LogP contribution in [-0.4, -0.2) is 5.11 Å². The Bertz CT molecular complexity index is 370. The molecule has 0 fully saturated rings. The highest BCUT2D eigenvalue weighted by molar-refractivity contribution is 7.80. The van der Waals surface area contributed by atoms with Crippen LogP contribution in [0.2, 0.25) is 0 Å². The Balaban J connectivity index is 2.28. The minimum atomic E-state index is 0.0740. The number of benzene rings is 1. The van der Waals surface area contributed by atoms with E-state index in [-0.39, 0.29) is 6.04 Å². The number of rotatable bonds is 1. The standard InChI is InChI=1S/C11H11N2S/c1-8-7-10(13-11(14)12-8)9-5-3-2-4-6-9/h2-6,10H,1H3,(H2,12,13,14). The third-order valence-corrected chi connectivity index (χ3v) is 2.29. The fourth-order valence-electron chi connectivity index (χ4n) is 1.44. The Hall–Kier alpha value is -1.35. The van der Waals surface area contributed by atoms with Crippen LogP contribution in [0.5, 0.6) is 0 Å². The predicted octanol–water partition coefficient (Wildman–Crippen LogP) is 1.91. The van der Waals surface area contributed by atoms with Crippen LogP contribution >= 0.6 is 12.2 Å². The third-order valence-electron chi connectivity index (χ3n) is 2.07. The van der Waals surface area contributed by atoms with Crippen molar-refractivity contribution in [1.29, 1.82) is 0 Å². The van der Waals surface area contributed by atoms with Gasteiger partial charge in [0.05, 0.1) is 6.04 Å². The zero-order valence-corrected chi connectivity index (χ0v) is 8.69. The number of thiocarbonyl (C=S) groups is 1. The molecule has 14 heavy (non-hydrogen) atoms. The minimum Gasteiger partial charge on any atom is -0.351 e. The summed E-state index contributed by atoms with van der Waals surface area (Å²) in [6.07, 6.45) is 3.27. The van der Waals surface area contributed by atoms with E-state index < -0.39 is 0 Å². The first-order chi connectivity index (χ1) is 6.75. The highest BCUT2D eigenvalue weighted by Crippen LogP contribution is 2.16. The first kappa shape index (κ1) is 9.21. The molecule has 1 radical (unpaired) electrons. The zero-order chi connectivity index (χ0) is 9.97. The molecule has 1 aliphatic rings. The smallest absolute Gasteiger partial charge is 0.171 e. The second-order valence-corrected chi connectivity index (χ2v) is 3.62. The molecule has 0 amide bonds. The molecule has 1 heterocycles. The van der Waals surface area contributed by atoms with Crippen molar-refractivity contribution in [1.82, 2.24) is 10.6 Å². The second kappa shape index (κ2) is 3.80. The molecule has 2 N–H and O–H groups in total. The van der Waals surface area contributed by atoms with Crippen molar-refractivity contribution in [3.05, 3.63) is 47.7 Å². The maximum Gasteiger partial charge on any atom is 0.171 e. The Kier molecular flexibility index (Phi) is 2.50. The number of nitrogens with one attached hydrogen (secondary N) is 2. The van der Waals surface area contributed by atoms with E-state index in [0.717, 1.165) is 5.70 Å². The van der Waals surface area contributed by atoms with Gasteiger partial charge in [0, 0.05) is 11.8 Å². The molecular weight excluding hydrogens is 192 g/mol. The van der Waals surface area contributed by atoms with Gasteiger partial charge in [0.1, 0.15) is 0 Å². The van der Waals surface area contributed by atoms with Crippen LogP contribution in [-0.2, 0) is 0 Å². The highest BCUT2D eigenvalue weighted by atomic mass is 32.1. The lowest BCUT2D eigenvalue weighted by Gasteiger charge is -2.23. The Morgan fingerprint density at radius 2 is 2.00 bits per heavy atom. The van der Waals surface area contributed by atoms with Gasteiger partial charge >= 0.3 is 0 Å². The maximum atomic E-state index is 5.08. The van der Waals surface area contributed by atoms with Gasteiger partial charge in [0.15, 0.2) is 5.11 Å². The molecule has 2 rings (SSSR count). The zero-order valence-electron chi connectivity index (χ0n) is 7.87. The molecule has 71 valence electrons. The van der Waals surface area contributed by atoms with Crippen LogP contribution in [0.15, 0.2) is 36.0 Å². The van der Waals surface area contributed by atoms with Crippen molar-refractivity contribution in [2.45, 2.75) is 13.0 Å². The van der Waals surface area contributed by atoms with Gasteiger partial charge in [0.2, 0.25) is 0 Å². The van der Waals surface area contributed by atoms with Gasteiger partial charge in [0.25, 0.3) is 0 Å². The van der Waals surface area contributed by atoms with Crippen molar-refractivity contribution in [3.8, 4) is 0 Å². The molecule has 1 aliphatic heterocycles. The molecule has 0 bridgehead atoms. The predicted molar refractivity (Wildman–Crippen MR) is 60.5 cm³/mol. The van der Waals surface area contributed by atoms with Gasteiger partial charge < -0.3 is 10.6 Å².